The van der Waals surface area contributed by atoms with Gasteiger partial charge < -0.3 is 9.47 Å². The average molecular weight is 593 g/mol. The monoisotopic (exact) mass is 590 g/mol. The molecule has 150 valence electrons. The molecule has 0 spiro atoms. The molecule has 1 fully saturated rings. The predicted molar refractivity (Wildman–Crippen MR) is 108 cm³/mol. The summed E-state index contributed by atoms with van der Waals surface area (Å²) in [6.07, 6.45) is 2.46. The fourth-order valence-corrected chi connectivity index (χ4v) is 5.57. The van der Waals surface area contributed by atoms with E-state index in [2.05, 4.69) is 47.8 Å². The Morgan fingerprint density at radius 1 is 1.04 bits per heavy atom. The maximum absolute atomic E-state index is 12.7. The molecule has 0 radical (unpaired) electrons. The van der Waals surface area contributed by atoms with Gasteiger partial charge in [-0.3, -0.25) is 14.1 Å². The number of rotatable bonds is 6. The highest BCUT2D eigenvalue weighted by atomic mass is 79.9. The Balaban J connectivity index is 2.07. The van der Waals surface area contributed by atoms with Gasteiger partial charge in [-0.2, -0.15) is 8.42 Å². The van der Waals surface area contributed by atoms with E-state index in [1.807, 2.05) is 0 Å². The van der Waals surface area contributed by atoms with Crippen molar-refractivity contribution in [2.75, 3.05) is 12.4 Å². The molecule has 0 aliphatic heterocycles. The summed E-state index contributed by atoms with van der Waals surface area (Å²) in [5.74, 6) is -2.96. The van der Waals surface area contributed by atoms with Gasteiger partial charge in [0.05, 0.1) is 20.8 Å². The van der Waals surface area contributed by atoms with Gasteiger partial charge in [-0.05, 0) is 56.8 Å². The van der Waals surface area contributed by atoms with Crippen LogP contribution in [0.3, 0.4) is 0 Å². The standard InChI is InChI=1S/C16H17Br3O7S/c17-9-7-12(18)14(13(19)8-9)26-16(21)11-4-2-1-3-10(11)15(20)25-5-6-27(22,23)24/h7-8,10-11H,1-6H2,(H,22,23,24). The van der Waals surface area contributed by atoms with Crippen molar-refractivity contribution in [2.24, 2.45) is 11.8 Å². The molecule has 1 aliphatic rings. The third-order valence-electron chi connectivity index (χ3n) is 4.12. The van der Waals surface area contributed by atoms with E-state index in [0.717, 1.165) is 17.3 Å². The largest absolute Gasteiger partial charge is 0.464 e. The number of hydrogen-bond donors (Lipinski definition) is 1. The molecule has 0 saturated heterocycles. The van der Waals surface area contributed by atoms with Gasteiger partial charge in [0.25, 0.3) is 10.1 Å². The smallest absolute Gasteiger partial charge is 0.315 e. The Kier molecular flexibility index (Phi) is 8.29. The third-order valence-corrected chi connectivity index (χ3v) is 6.44. The molecule has 1 N–H and O–H groups in total. The number of hydrogen-bond acceptors (Lipinski definition) is 6. The van der Waals surface area contributed by atoms with Gasteiger partial charge in [0.15, 0.2) is 5.75 Å². The SMILES string of the molecule is O=C(OCCS(=O)(=O)O)C1CCCCC1C(=O)Oc1c(Br)cc(Br)cc1Br. The molecular formula is C16H17Br3O7S. The maximum atomic E-state index is 12.7. The van der Waals surface area contributed by atoms with E-state index in [1.54, 1.807) is 12.1 Å². The molecule has 11 heteroatoms. The zero-order valence-electron chi connectivity index (χ0n) is 14.0. The summed E-state index contributed by atoms with van der Waals surface area (Å²) in [6.45, 7) is -0.459. The van der Waals surface area contributed by atoms with Gasteiger partial charge in [0, 0.05) is 4.47 Å². The molecule has 2 rings (SSSR count). The van der Waals surface area contributed by atoms with Crippen molar-refractivity contribution in [3.63, 3.8) is 0 Å². The Bertz CT molecular complexity index is 802. The number of esters is 2. The fourth-order valence-electron chi connectivity index (χ4n) is 2.85. The van der Waals surface area contributed by atoms with Crippen LogP contribution in [0, 0.1) is 11.8 Å². The van der Waals surface area contributed by atoms with Gasteiger partial charge in [0.1, 0.15) is 12.4 Å². The van der Waals surface area contributed by atoms with Crippen LogP contribution in [-0.2, 0) is 24.4 Å². The van der Waals surface area contributed by atoms with E-state index in [9.17, 15) is 18.0 Å². The second-order valence-electron chi connectivity index (χ2n) is 6.07. The van der Waals surface area contributed by atoms with Crippen molar-refractivity contribution in [1.82, 2.24) is 0 Å². The summed E-state index contributed by atoms with van der Waals surface area (Å²) in [5.41, 5.74) is 0. The molecule has 0 amide bonds. The summed E-state index contributed by atoms with van der Waals surface area (Å²) in [7, 11) is -4.22. The highest BCUT2D eigenvalue weighted by Gasteiger charge is 2.38. The summed E-state index contributed by atoms with van der Waals surface area (Å²) < 4.78 is 42.6. The minimum atomic E-state index is -4.22. The normalized spacial score (nSPS) is 20.1. The number of benzene rings is 1. The summed E-state index contributed by atoms with van der Waals surface area (Å²) >= 11 is 10.0. The van der Waals surface area contributed by atoms with Crippen LogP contribution < -0.4 is 4.74 Å². The minimum Gasteiger partial charge on any atom is -0.464 e. The predicted octanol–water partition coefficient (Wildman–Crippen LogP) is 4.12. The first-order chi connectivity index (χ1) is 12.6. The second-order valence-corrected chi connectivity index (χ2v) is 10.3. The lowest BCUT2D eigenvalue weighted by atomic mass is 9.79. The van der Waals surface area contributed by atoms with Crippen molar-refractivity contribution in [3.8, 4) is 5.75 Å². The fraction of sp³-hybridized carbons (Fsp3) is 0.500. The summed E-state index contributed by atoms with van der Waals surface area (Å²) in [5, 5.41) is 0. The Morgan fingerprint density at radius 2 is 1.56 bits per heavy atom. The van der Waals surface area contributed by atoms with Crippen molar-refractivity contribution in [3.05, 3.63) is 25.6 Å². The zero-order valence-corrected chi connectivity index (χ0v) is 19.6. The maximum Gasteiger partial charge on any atom is 0.315 e. The molecular weight excluding hydrogens is 576 g/mol. The average Bonchev–Trinajstić information content (AvgIpc) is 2.56. The molecule has 2 unspecified atom stereocenters. The van der Waals surface area contributed by atoms with E-state index in [0.29, 0.717) is 27.5 Å². The van der Waals surface area contributed by atoms with Crippen molar-refractivity contribution in [2.45, 2.75) is 25.7 Å². The van der Waals surface area contributed by atoms with Crippen LogP contribution in [0.25, 0.3) is 0 Å². The van der Waals surface area contributed by atoms with E-state index in [4.69, 9.17) is 14.0 Å². The topological polar surface area (TPSA) is 107 Å². The molecule has 27 heavy (non-hydrogen) atoms. The highest BCUT2D eigenvalue weighted by Crippen LogP contribution is 2.38. The molecule has 0 aromatic heterocycles. The Labute approximate surface area is 182 Å². The van der Waals surface area contributed by atoms with Crippen LogP contribution in [0.15, 0.2) is 25.6 Å². The van der Waals surface area contributed by atoms with Gasteiger partial charge >= 0.3 is 11.9 Å². The Morgan fingerprint density at radius 3 is 2.07 bits per heavy atom. The van der Waals surface area contributed by atoms with Crippen molar-refractivity contribution >= 4 is 69.8 Å². The van der Waals surface area contributed by atoms with Crippen molar-refractivity contribution < 1.29 is 32.0 Å². The zero-order chi connectivity index (χ0) is 20.2. The van der Waals surface area contributed by atoms with Crippen LogP contribution in [0.5, 0.6) is 5.75 Å². The number of carbonyl (C=O) groups is 2. The van der Waals surface area contributed by atoms with Gasteiger partial charge in [-0.25, -0.2) is 0 Å². The quantitative estimate of drug-likeness (QED) is 0.301. The van der Waals surface area contributed by atoms with Gasteiger partial charge in [-0.1, -0.05) is 28.8 Å². The van der Waals surface area contributed by atoms with Crippen molar-refractivity contribution in [1.29, 1.82) is 0 Å². The minimum absolute atomic E-state index is 0.312. The van der Waals surface area contributed by atoms with Crippen LogP contribution >= 0.6 is 47.8 Å². The number of carbonyl (C=O) groups excluding carboxylic acids is 2. The lowest BCUT2D eigenvalue weighted by Crippen LogP contribution is -2.36. The third kappa shape index (κ3) is 6.81. The second kappa shape index (κ2) is 9.82. The molecule has 1 aromatic carbocycles. The molecule has 0 heterocycles. The highest BCUT2D eigenvalue weighted by molar-refractivity contribution is 9.11. The first-order valence-electron chi connectivity index (χ1n) is 8.06. The number of ether oxygens (including phenoxy) is 2. The molecule has 0 bridgehead atoms. The van der Waals surface area contributed by atoms with E-state index in [1.165, 1.54) is 0 Å². The van der Waals surface area contributed by atoms with Crippen LogP contribution in [-0.4, -0.2) is 37.3 Å². The van der Waals surface area contributed by atoms with E-state index in [-0.39, 0.29) is 0 Å². The Hall–Kier alpha value is -0.490. The molecule has 1 aromatic rings. The lowest BCUT2D eigenvalue weighted by molar-refractivity contribution is -0.158. The summed E-state index contributed by atoms with van der Waals surface area (Å²) in [6, 6.07) is 3.46. The molecule has 1 saturated carbocycles. The molecule has 2 atom stereocenters. The van der Waals surface area contributed by atoms with Crippen LogP contribution in [0.1, 0.15) is 25.7 Å². The van der Waals surface area contributed by atoms with E-state index < -0.39 is 46.3 Å². The first kappa shape index (κ1) is 22.8. The van der Waals surface area contributed by atoms with Gasteiger partial charge in [0.2, 0.25) is 0 Å². The lowest BCUT2D eigenvalue weighted by Gasteiger charge is -2.28. The first-order valence-corrected chi connectivity index (χ1v) is 12.1. The van der Waals surface area contributed by atoms with Gasteiger partial charge in [-0.15, -0.1) is 0 Å². The number of halogens is 3. The van der Waals surface area contributed by atoms with Crippen LogP contribution in [0.2, 0.25) is 0 Å². The van der Waals surface area contributed by atoms with Crippen LogP contribution in [0.4, 0.5) is 0 Å². The van der Waals surface area contributed by atoms with E-state index >= 15 is 0 Å². The molecule has 1 aliphatic carbocycles. The molecule has 7 nitrogen and oxygen atoms in total. The summed E-state index contributed by atoms with van der Waals surface area (Å²) in [4.78, 5) is 25.0.